The molecule has 3 aromatic rings. The van der Waals surface area contributed by atoms with Gasteiger partial charge in [-0.05, 0) is 85.2 Å². The zero-order valence-corrected chi connectivity index (χ0v) is 21.7. The Bertz CT molecular complexity index is 1170. The minimum Gasteiger partial charge on any atom is -0.490 e. The van der Waals surface area contributed by atoms with Crippen LogP contribution in [0.15, 0.2) is 60.7 Å². The first-order valence-electron chi connectivity index (χ1n) is 12.2. The Hall–Kier alpha value is -2.60. The van der Waals surface area contributed by atoms with Gasteiger partial charge in [-0.15, -0.1) is 0 Å². The number of amides is 1. The van der Waals surface area contributed by atoms with Crippen molar-refractivity contribution in [2.24, 2.45) is 0 Å². The second-order valence-electron chi connectivity index (χ2n) is 9.09. The van der Waals surface area contributed by atoms with Gasteiger partial charge in [0.15, 0.2) is 0 Å². The Kier molecular flexibility index (Phi) is 9.24. The van der Waals surface area contributed by atoms with E-state index < -0.39 is 0 Å². The molecule has 0 saturated heterocycles. The molecule has 0 heterocycles. The lowest BCUT2D eigenvalue weighted by molar-refractivity contribution is -0.118. The first-order chi connectivity index (χ1) is 17.4. The zero-order valence-electron chi connectivity index (χ0n) is 20.2. The number of benzene rings is 3. The third kappa shape index (κ3) is 7.22. The van der Waals surface area contributed by atoms with Crippen molar-refractivity contribution in [3.05, 3.63) is 87.7 Å². The predicted octanol–water partition coefficient (Wildman–Crippen LogP) is 7.38. The topological polar surface area (TPSA) is 47.6 Å². The van der Waals surface area contributed by atoms with Crippen molar-refractivity contribution in [1.82, 2.24) is 5.32 Å². The summed E-state index contributed by atoms with van der Waals surface area (Å²) in [5, 5.41) is 4.06. The molecule has 0 radical (unpaired) electrons. The molecule has 190 valence electrons. The third-order valence-corrected chi connectivity index (χ3v) is 7.14. The summed E-state index contributed by atoms with van der Waals surface area (Å²) in [6.45, 7) is 2.41. The summed E-state index contributed by atoms with van der Waals surface area (Å²) in [5.41, 5.74) is 3.54. The zero-order chi connectivity index (χ0) is 25.5. The Morgan fingerprint density at radius 1 is 0.972 bits per heavy atom. The molecule has 0 aromatic heterocycles. The van der Waals surface area contributed by atoms with Gasteiger partial charge in [0.25, 0.3) is 0 Å². The van der Waals surface area contributed by atoms with Crippen molar-refractivity contribution < 1.29 is 18.7 Å². The Morgan fingerprint density at radius 3 is 2.36 bits per heavy atom. The minimum absolute atomic E-state index is 0.0724. The van der Waals surface area contributed by atoms with Crippen LogP contribution in [0.25, 0.3) is 11.1 Å². The number of hydrogen-bond donors (Lipinski definition) is 1. The van der Waals surface area contributed by atoms with Crippen LogP contribution in [0.1, 0.15) is 43.7 Å². The van der Waals surface area contributed by atoms with E-state index in [-0.39, 0.29) is 23.9 Å². The lowest BCUT2D eigenvalue weighted by Crippen LogP contribution is -2.28. The lowest BCUT2D eigenvalue weighted by atomic mass is 9.94. The molecule has 0 unspecified atom stereocenters. The van der Waals surface area contributed by atoms with E-state index >= 15 is 0 Å². The first kappa shape index (κ1) is 26.5. The molecule has 1 fully saturated rings. The second kappa shape index (κ2) is 12.6. The molecule has 3 aromatic carbocycles. The van der Waals surface area contributed by atoms with E-state index in [1.54, 1.807) is 6.07 Å². The minimum atomic E-state index is -0.289. The largest absolute Gasteiger partial charge is 0.490 e. The van der Waals surface area contributed by atoms with E-state index in [0.29, 0.717) is 29.6 Å². The number of rotatable bonds is 9. The van der Waals surface area contributed by atoms with Crippen molar-refractivity contribution in [1.29, 1.82) is 0 Å². The molecule has 36 heavy (non-hydrogen) atoms. The van der Waals surface area contributed by atoms with E-state index in [1.165, 1.54) is 19.1 Å². The smallest absolute Gasteiger partial charge is 0.216 e. The fraction of sp³-hybridized carbons (Fsp3) is 0.345. The summed E-state index contributed by atoms with van der Waals surface area (Å²) in [4.78, 5) is 11.3. The van der Waals surface area contributed by atoms with Crippen molar-refractivity contribution >= 4 is 29.1 Å². The van der Waals surface area contributed by atoms with E-state index in [2.05, 4.69) is 5.32 Å². The van der Waals surface area contributed by atoms with Gasteiger partial charge in [-0.25, -0.2) is 4.39 Å². The van der Waals surface area contributed by atoms with Crippen molar-refractivity contribution in [3.8, 4) is 16.9 Å². The van der Waals surface area contributed by atoms with Gasteiger partial charge < -0.3 is 14.8 Å². The summed E-state index contributed by atoms with van der Waals surface area (Å²) in [6.07, 6.45) is 4.39. The van der Waals surface area contributed by atoms with E-state index in [4.69, 9.17) is 32.7 Å². The van der Waals surface area contributed by atoms with Crippen LogP contribution in [-0.4, -0.2) is 24.7 Å². The number of carbonyl (C=O) groups is 1. The second-order valence-corrected chi connectivity index (χ2v) is 9.90. The van der Waals surface area contributed by atoms with Crippen molar-refractivity contribution in [2.45, 2.75) is 57.8 Å². The molecule has 4 nitrogen and oxygen atoms in total. The van der Waals surface area contributed by atoms with Gasteiger partial charge in [-0.3, -0.25) is 4.79 Å². The number of hydrogen-bond acceptors (Lipinski definition) is 3. The highest BCUT2D eigenvalue weighted by Gasteiger charge is 2.24. The molecule has 4 rings (SSSR count). The molecule has 1 amide bonds. The van der Waals surface area contributed by atoms with Crippen molar-refractivity contribution in [2.75, 3.05) is 6.54 Å². The van der Waals surface area contributed by atoms with Gasteiger partial charge in [0.05, 0.1) is 18.8 Å². The summed E-state index contributed by atoms with van der Waals surface area (Å²) < 4.78 is 26.4. The van der Waals surface area contributed by atoms with Gasteiger partial charge in [0.2, 0.25) is 5.91 Å². The molecular formula is C29H30Cl2FNO3. The highest BCUT2D eigenvalue weighted by molar-refractivity contribution is 6.35. The van der Waals surface area contributed by atoms with Crippen molar-refractivity contribution in [3.63, 3.8) is 0 Å². The van der Waals surface area contributed by atoms with E-state index in [9.17, 15) is 9.18 Å². The Morgan fingerprint density at radius 2 is 1.67 bits per heavy atom. The average Bonchev–Trinajstić information content (AvgIpc) is 2.85. The lowest BCUT2D eigenvalue weighted by Gasteiger charge is -2.29. The van der Waals surface area contributed by atoms with Crippen LogP contribution in [0.5, 0.6) is 5.75 Å². The average molecular weight is 530 g/mol. The van der Waals surface area contributed by atoms with Gasteiger partial charge in [0, 0.05) is 29.1 Å². The van der Waals surface area contributed by atoms with Gasteiger partial charge in [-0.1, -0.05) is 47.5 Å². The van der Waals surface area contributed by atoms with Gasteiger partial charge in [-0.2, -0.15) is 0 Å². The quantitative estimate of drug-likeness (QED) is 0.314. The molecule has 1 aliphatic carbocycles. The molecule has 7 heteroatoms. The third-order valence-electron chi connectivity index (χ3n) is 6.43. The van der Waals surface area contributed by atoms with Gasteiger partial charge >= 0.3 is 0 Å². The summed E-state index contributed by atoms with van der Waals surface area (Å²) in [7, 11) is 0. The van der Waals surface area contributed by atoms with Crippen LogP contribution in [0.2, 0.25) is 10.0 Å². The molecule has 1 N–H and O–H groups in total. The fourth-order valence-electron chi connectivity index (χ4n) is 4.53. The summed E-state index contributed by atoms with van der Waals surface area (Å²) in [5.74, 6) is 0.393. The monoisotopic (exact) mass is 529 g/mol. The Balaban J connectivity index is 1.38. The van der Waals surface area contributed by atoms with Crippen LogP contribution in [0, 0.1) is 5.82 Å². The fourth-order valence-corrected chi connectivity index (χ4v) is 5.03. The number of ether oxygens (including phenoxy) is 2. The van der Waals surface area contributed by atoms with Crippen LogP contribution in [0.4, 0.5) is 4.39 Å². The summed E-state index contributed by atoms with van der Waals surface area (Å²) in [6, 6.07) is 17.9. The molecule has 1 saturated carbocycles. The summed E-state index contributed by atoms with van der Waals surface area (Å²) >= 11 is 12.5. The molecule has 0 spiro atoms. The number of halogens is 3. The molecule has 0 aliphatic heterocycles. The maximum absolute atomic E-state index is 14.0. The maximum Gasteiger partial charge on any atom is 0.216 e. The van der Waals surface area contributed by atoms with Gasteiger partial charge in [0.1, 0.15) is 11.6 Å². The Labute approximate surface area is 221 Å². The molecule has 1 aliphatic rings. The van der Waals surface area contributed by atoms with E-state index in [1.807, 2.05) is 42.5 Å². The SMILES string of the molecule is CC(=O)NCCc1ccc(OC2CCC(OCc3c(Cl)cccc3Cl)CC2)cc1-c1cccc(F)c1. The highest BCUT2D eigenvalue weighted by atomic mass is 35.5. The maximum atomic E-state index is 14.0. The number of nitrogens with one attached hydrogen (secondary N) is 1. The first-order valence-corrected chi connectivity index (χ1v) is 13.0. The molecule has 0 bridgehead atoms. The molecular weight excluding hydrogens is 500 g/mol. The number of carbonyl (C=O) groups excluding carboxylic acids is 1. The highest BCUT2D eigenvalue weighted by Crippen LogP contribution is 2.32. The molecule has 0 atom stereocenters. The standard InChI is InChI=1S/C29H30Cl2FNO3/c1-19(34)33-15-14-20-8-9-25(17-26(20)21-4-2-5-22(32)16-21)36-24-12-10-23(11-13-24)35-18-27-28(30)6-3-7-29(27)31/h2-9,16-17,23-24H,10-15,18H2,1H3,(H,33,34). The predicted molar refractivity (Wildman–Crippen MR) is 142 cm³/mol. The van der Waals surface area contributed by atoms with Crippen LogP contribution in [0.3, 0.4) is 0 Å². The van der Waals surface area contributed by atoms with Crippen LogP contribution >= 0.6 is 23.2 Å². The van der Waals surface area contributed by atoms with Crippen LogP contribution < -0.4 is 10.1 Å². The normalized spacial score (nSPS) is 17.6. The van der Waals surface area contributed by atoms with Crippen LogP contribution in [-0.2, 0) is 22.6 Å². The van der Waals surface area contributed by atoms with E-state index in [0.717, 1.165) is 53.7 Å².